The van der Waals surface area contributed by atoms with Gasteiger partial charge in [0.25, 0.3) is 21.6 Å². The molecule has 5 fully saturated rings. The number of hydrogen-bond donors (Lipinski definition) is 3. The Hall–Kier alpha value is -5.13. The van der Waals surface area contributed by atoms with Gasteiger partial charge in [-0.2, -0.15) is 0 Å². The first kappa shape index (κ1) is 42.2. The van der Waals surface area contributed by atoms with Crippen LogP contribution in [0.3, 0.4) is 0 Å². The smallest absolute Gasteiger partial charge is 0.293 e. The third-order valence-electron chi connectivity index (χ3n) is 13.9. The Labute approximate surface area is 359 Å². The fourth-order valence-electron chi connectivity index (χ4n) is 10.4. The van der Waals surface area contributed by atoms with Crippen LogP contribution in [0.25, 0.3) is 11.0 Å². The summed E-state index contributed by atoms with van der Waals surface area (Å²) < 4.78 is 68.7. The summed E-state index contributed by atoms with van der Waals surface area (Å²) in [5, 5.41) is 15.9. The molecule has 4 heterocycles. The van der Waals surface area contributed by atoms with E-state index in [0.29, 0.717) is 63.5 Å². The minimum absolute atomic E-state index is 0.0408. The molecule has 1 amide bonds. The topological polar surface area (TPSA) is 172 Å². The SMILES string of the molecule is CC1(C)CCC(CN2CCN(c3ccc(C(=O)NS(=O)(=O)c4ccc(NCC5CCOCC5)c([N+](=O)[O-])c4)c(Oc4cnc5[nH]ccc5c4)c3)CC2)=C(C23CC(C(F)F)(C2)C3)C1. The number of alkyl halides is 2. The number of ether oxygens (including phenoxy) is 2. The number of nitrogens with zero attached hydrogens (tertiary/aromatic N) is 4. The van der Waals surface area contributed by atoms with Crippen LogP contribution in [0.5, 0.6) is 11.5 Å². The zero-order valence-electron chi connectivity index (χ0n) is 35.1. The molecule has 6 aliphatic rings. The molecule has 62 heavy (non-hydrogen) atoms. The van der Waals surface area contributed by atoms with Crippen molar-refractivity contribution in [3.05, 3.63) is 87.7 Å². The van der Waals surface area contributed by atoms with Crippen LogP contribution in [-0.4, -0.2) is 93.0 Å². The summed E-state index contributed by atoms with van der Waals surface area (Å²) in [4.78, 5) is 37.0. The second-order valence-electron chi connectivity index (χ2n) is 18.8. The van der Waals surface area contributed by atoms with E-state index in [1.165, 1.54) is 35.5 Å². The molecule has 2 saturated heterocycles. The van der Waals surface area contributed by atoms with E-state index in [2.05, 4.69) is 43.7 Å². The van der Waals surface area contributed by atoms with E-state index in [0.717, 1.165) is 68.9 Å². The molecule has 17 heteroatoms. The number of sulfonamides is 1. The van der Waals surface area contributed by atoms with Crippen LogP contribution in [0.15, 0.2) is 77.0 Å². The molecule has 3 saturated carbocycles. The Morgan fingerprint density at radius 1 is 1.06 bits per heavy atom. The first-order chi connectivity index (χ1) is 29.6. The Balaban J connectivity index is 0.918. The van der Waals surface area contributed by atoms with Crippen LogP contribution in [0.4, 0.5) is 25.8 Å². The number of carbonyl (C=O) groups is 1. The van der Waals surface area contributed by atoms with Crippen LogP contribution in [0.1, 0.15) is 75.6 Å². The van der Waals surface area contributed by atoms with Crippen LogP contribution in [0, 0.1) is 32.3 Å². The third-order valence-corrected chi connectivity index (χ3v) is 15.3. The second-order valence-corrected chi connectivity index (χ2v) is 20.5. The van der Waals surface area contributed by atoms with E-state index in [-0.39, 0.29) is 33.7 Å². The summed E-state index contributed by atoms with van der Waals surface area (Å²) in [6.07, 6.45) is 7.53. The maximum absolute atomic E-state index is 13.9. The first-order valence-electron chi connectivity index (χ1n) is 21.5. The van der Waals surface area contributed by atoms with Gasteiger partial charge in [0.15, 0.2) is 0 Å². The quantitative estimate of drug-likeness (QED) is 0.0633. The Morgan fingerprint density at radius 2 is 1.82 bits per heavy atom. The number of amides is 1. The summed E-state index contributed by atoms with van der Waals surface area (Å²) in [6.45, 7) is 10.0. The standard InChI is InChI=1S/C45H53F2N7O7S/c1-43(2)11-7-31(36(22-43)44-26-45(27-44,28-44)42(46)47)25-52-13-15-53(16-14-52)32-3-5-35(39(20-32)61-33-19-30-8-12-48-40(30)50-24-33)41(55)51-62(58,59)34-4-6-37(38(21-34)54(56)57)49-23-29-9-17-60-18-10-29/h3-6,8,12,19-21,24,29,42,49H,7,9-11,13-18,22-23,25-28H2,1-2H3,(H,48,50)(H,51,55). The summed E-state index contributed by atoms with van der Waals surface area (Å²) in [5.74, 6) is -0.273. The number of nitro groups is 1. The molecule has 3 N–H and O–H groups in total. The van der Waals surface area contributed by atoms with E-state index < -0.39 is 43.3 Å². The van der Waals surface area contributed by atoms with Gasteiger partial charge in [0, 0.05) is 87.3 Å². The van der Waals surface area contributed by atoms with Crippen molar-refractivity contribution in [2.75, 3.05) is 62.7 Å². The Bertz CT molecular complexity index is 2510. The Morgan fingerprint density at radius 3 is 2.55 bits per heavy atom. The van der Waals surface area contributed by atoms with Gasteiger partial charge in [-0.3, -0.25) is 19.8 Å². The van der Waals surface area contributed by atoms with Crippen molar-refractivity contribution < 1.29 is 36.4 Å². The van der Waals surface area contributed by atoms with Gasteiger partial charge in [-0.1, -0.05) is 25.0 Å². The largest absolute Gasteiger partial charge is 0.455 e. The fourth-order valence-corrected chi connectivity index (χ4v) is 11.4. The van der Waals surface area contributed by atoms with Crippen LogP contribution >= 0.6 is 0 Å². The highest BCUT2D eigenvalue weighted by Gasteiger charge is 2.73. The molecule has 0 spiro atoms. The number of H-pyrrole nitrogens is 1. The molecule has 0 unspecified atom stereocenters. The van der Waals surface area contributed by atoms with Crippen molar-refractivity contribution in [2.45, 2.75) is 76.5 Å². The number of hydrogen-bond acceptors (Lipinski definition) is 11. The maximum Gasteiger partial charge on any atom is 0.293 e. The molecule has 2 aliphatic heterocycles. The van der Waals surface area contributed by atoms with Crippen molar-refractivity contribution in [1.29, 1.82) is 0 Å². The number of benzene rings is 2. The average molecular weight is 874 g/mol. The van der Waals surface area contributed by atoms with Crippen LogP contribution in [-0.2, 0) is 14.8 Å². The number of rotatable bonds is 14. The van der Waals surface area contributed by atoms with Crippen molar-refractivity contribution in [3.63, 3.8) is 0 Å². The van der Waals surface area contributed by atoms with Gasteiger partial charge < -0.3 is 24.7 Å². The summed E-state index contributed by atoms with van der Waals surface area (Å²) in [7, 11) is -4.57. The number of allylic oxidation sites excluding steroid dienone is 1. The number of nitrogens with one attached hydrogen (secondary N) is 3. The number of nitro benzene ring substituents is 1. The van der Waals surface area contributed by atoms with E-state index in [1.54, 1.807) is 24.4 Å². The maximum atomic E-state index is 13.9. The lowest BCUT2D eigenvalue weighted by molar-refractivity contribution is -0.384. The summed E-state index contributed by atoms with van der Waals surface area (Å²) in [6, 6.07) is 12.1. The van der Waals surface area contributed by atoms with Crippen molar-refractivity contribution in [1.82, 2.24) is 19.6 Å². The minimum atomic E-state index is -4.57. The third kappa shape index (κ3) is 8.26. The molecule has 0 radical (unpaired) electrons. The van der Waals surface area contributed by atoms with Gasteiger partial charge in [0.1, 0.15) is 22.8 Å². The number of anilines is 2. The van der Waals surface area contributed by atoms with Gasteiger partial charge >= 0.3 is 0 Å². The van der Waals surface area contributed by atoms with Crippen LogP contribution in [0.2, 0.25) is 0 Å². The predicted molar refractivity (Wildman–Crippen MR) is 230 cm³/mol. The van der Waals surface area contributed by atoms with Crippen LogP contribution < -0.4 is 19.7 Å². The average Bonchev–Trinajstić information content (AvgIpc) is 3.68. The molecule has 2 aromatic carbocycles. The number of fused-ring (bicyclic) bond motifs is 1. The minimum Gasteiger partial charge on any atom is -0.455 e. The van der Waals surface area contributed by atoms with Gasteiger partial charge in [-0.15, -0.1) is 0 Å². The molecule has 2 aromatic heterocycles. The zero-order valence-corrected chi connectivity index (χ0v) is 35.9. The van der Waals surface area contributed by atoms with Crippen molar-refractivity contribution in [2.24, 2.45) is 22.2 Å². The highest BCUT2D eigenvalue weighted by atomic mass is 32.2. The van der Waals surface area contributed by atoms with E-state index in [1.807, 2.05) is 6.07 Å². The number of piperazine rings is 1. The zero-order chi connectivity index (χ0) is 43.4. The van der Waals surface area contributed by atoms with Crippen molar-refractivity contribution >= 4 is 44.0 Å². The van der Waals surface area contributed by atoms with E-state index in [9.17, 15) is 32.1 Å². The van der Waals surface area contributed by atoms with Gasteiger partial charge in [0.2, 0.25) is 6.43 Å². The Kier molecular flexibility index (Phi) is 11.0. The number of aromatic nitrogens is 2. The van der Waals surface area contributed by atoms with E-state index >= 15 is 0 Å². The predicted octanol–water partition coefficient (Wildman–Crippen LogP) is 8.28. The number of pyridine rings is 1. The number of halogens is 2. The highest BCUT2D eigenvalue weighted by Crippen LogP contribution is 2.79. The molecule has 2 bridgehead atoms. The lowest BCUT2D eigenvalue weighted by Crippen LogP contribution is -2.66. The molecular formula is C45H53F2N7O7S. The lowest BCUT2D eigenvalue weighted by atomic mass is 9.32. The molecule has 330 valence electrons. The van der Waals surface area contributed by atoms with Gasteiger partial charge in [-0.05, 0) is 105 Å². The molecule has 4 aliphatic carbocycles. The highest BCUT2D eigenvalue weighted by molar-refractivity contribution is 7.90. The van der Waals surface area contributed by atoms with Crippen molar-refractivity contribution in [3.8, 4) is 11.5 Å². The van der Waals surface area contributed by atoms with Gasteiger partial charge in [0.05, 0.1) is 21.6 Å². The normalized spacial score (nSPS) is 24.1. The summed E-state index contributed by atoms with van der Waals surface area (Å²) in [5.41, 5.74) is 3.36. The molecular weight excluding hydrogens is 821 g/mol. The second kappa shape index (κ2) is 16.2. The number of carbonyl (C=O) groups excluding carboxylic acids is 1. The van der Waals surface area contributed by atoms with E-state index in [4.69, 9.17) is 9.47 Å². The monoisotopic (exact) mass is 873 g/mol. The summed E-state index contributed by atoms with van der Waals surface area (Å²) >= 11 is 0. The fraction of sp³-hybridized carbons (Fsp3) is 0.511. The number of aromatic amines is 1. The lowest BCUT2D eigenvalue weighted by Gasteiger charge is -2.72. The molecule has 10 rings (SSSR count). The van der Waals surface area contributed by atoms with Gasteiger partial charge in [-0.25, -0.2) is 26.9 Å². The molecule has 0 atom stereocenters. The molecule has 4 aromatic rings. The molecule has 14 nitrogen and oxygen atoms in total. The first-order valence-corrected chi connectivity index (χ1v) is 23.0.